The number of rotatable bonds is 0. The van der Waals surface area contributed by atoms with Crippen molar-refractivity contribution < 1.29 is 13.2 Å². The fourth-order valence-electron chi connectivity index (χ4n) is 0.733. The third-order valence-corrected chi connectivity index (χ3v) is 3.87. The van der Waals surface area contributed by atoms with Crippen molar-refractivity contribution in [3.63, 3.8) is 0 Å². The molecule has 0 amide bonds. The molecule has 3 nitrogen and oxygen atoms in total. The standard InChI is InChI=1S/C5H10O3S/c1-5(2)8-3-4-9(5,6)7/h3-4H2,1-2H3. The van der Waals surface area contributed by atoms with Crippen LogP contribution in [0.2, 0.25) is 0 Å². The van der Waals surface area contributed by atoms with Gasteiger partial charge in [-0.05, 0) is 13.8 Å². The fourth-order valence-corrected chi connectivity index (χ4v) is 1.79. The van der Waals surface area contributed by atoms with Crippen molar-refractivity contribution in [2.75, 3.05) is 12.4 Å². The van der Waals surface area contributed by atoms with E-state index in [-0.39, 0.29) is 5.75 Å². The van der Waals surface area contributed by atoms with Crippen molar-refractivity contribution in [3.05, 3.63) is 0 Å². The van der Waals surface area contributed by atoms with E-state index in [1.807, 2.05) is 0 Å². The average molecular weight is 150 g/mol. The molecule has 0 aromatic heterocycles. The van der Waals surface area contributed by atoms with E-state index in [0.29, 0.717) is 6.61 Å². The Morgan fingerprint density at radius 3 is 2.11 bits per heavy atom. The van der Waals surface area contributed by atoms with Gasteiger partial charge < -0.3 is 4.74 Å². The van der Waals surface area contributed by atoms with Crippen LogP contribution < -0.4 is 0 Å². The molecule has 0 aliphatic carbocycles. The molecular weight excluding hydrogens is 140 g/mol. The van der Waals surface area contributed by atoms with Crippen molar-refractivity contribution >= 4 is 9.84 Å². The molecule has 0 aromatic rings. The van der Waals surface area contributed by atoms with Crippen molar-refractivity contribution in [2.45, 2.75) is 18.8 Å². The van der Waals surface area contributed by atoms with Gasteiger partial charge in [0.1, 0.15) is 0 Å². The Balaban J connectivity index is 3.03. The Labute approximate surface area is 54.9 Å². The first-order chi connectivity index (χ1) is 3.96. The van der Waals surface area contributed by atoms with E-state index in [9.17, 15) is 8.42 Å². The smallest absolute Gasteiger partial charge is 0.181 e. The molecule has 0 N–H and O–H groups in total. The second-order valence-electron chi connectivity index (χ2n) is 2.57. The van der Waals surface area contributed by atoms with E-state index in [0.717, 1.165) is 0 Å². The van der Waals surface area contributed by atoms with Gasteiger partial charge in [-0.1, -0.05) is 0 Å². The van der Waals surface area contributed by atoms with Crippen molar-refractivity contribution in [1.82, 2.24) is 0 Å². The van der Waals surface area contributed by atoms with E-state index in [4.69, 9.17) is 4.74 Å². The second-order valence-corrected chi connectivity index (χ2v) is 5.19. The maximum Gasteiger partial charge on any atom is 0.181 e. The Bertz CT molecular complexity index is 202. The van der Waals surface area contributed by atoms with Gasteiger partial charge in [0, 0.05) is 0 Å². The normalized spacial score (nSPS) is 30.4. The van der Waals surface area contributed by atoms with Gasteiger partial charge in [0.15, 0.2) is 14.8 Å². The van der Waals surface area contributed by atoms with E-state index < -0.39 is 14.8 Å². The molecule has 0 bridgehead atoms. The van der Waals surface area contributed by atoms with Crippen LogP contribution in [0.4, 0.5) is 0 Å². The summed E-state index contributed by atoms with van der Waals surface area (Å²) in [7, 11) is -2.95. The summed E-state index contributed by atoms with van der Waals surface area (Å²) in [5.41, 5.74) is 0. The van der Waals surface area contributed by atoms with Gasteiger partial charge in [-0.25, -0.2) is 8.42 Å². The van der Waals surface area contributed by atoms with Gasteiger partial charge in [-0.3, -0.25) is 0 Å². The molecule has 4 heteroatoms. The van der Waals surface area contributed by atoms with Crippen molar-refractivity contribution in [3.8, 4) is 0 Å². The Kier molecular flexibility index (Phi) is 1.33. The summed E-state index contributed by atoms with van der Waals surface area (Å²) in [6.07, 6.45) is 0. The Morgan fingerprint density at radius 1 is 1.44 bits per heavy atom. The summed E-state index contributed by atoms with van der Waals surface area (Å²) in [6, 6.07) is 0. The molecule has 1 saturated heterocycles. The lowest BCUT2D eigenvalue weighted by molar-refractivity contribution is 0.0759. The third kappa shape index (κ3) is 0.966. The molecule has 0 atom stereocenters. The van der Waals surface area contributed by atoms with Crippen LogP contribution in [0.25, 0.3) is 0 Å². The zero-order chi connectivity index (χ0) is 7.12. The largest absolute Gasteiger partial charge is 0.359 e. The maximum absolute atomic E-state index is 11.0. The van der Waals surface area contributed by atoms with Crippen molar-refractivity contribution in [2.24, 2.45) is 0 Å². The molecule has 1 aliphatic rings. The maximum atomic E-state index is 11.0. The predicted molar refractivity (Wildman–Crippen MR) is 33.8 cm³/mol. The van der Waals surface area contributed by atoms with Crippen LogP contribution in [0.1, 0.15) is 13.8 Å². The van der Waals surface area contributed by atoms with Crippen LogP contribution in [-0.4, -0.2) is 25.7 Å². The molecule has 1 rings (SSSR count). The lowest BCUT2D eigenvalue weighted by atomic mass is 10.5. The number of hydrogen-bond donors (Lipinski definition) is 0. The van der Waals surface area contributed by atoms with Gasteiger partial charge >= 0.3 is 0 Å². The lowest BCUT2D eigenvalue weighted by Gasteiger charge is -2.14. The summed E-state index contributed by atoms with van der Waals surface area (Å²) >= 11 is 0. The van der Waals surface area contributed by atoms with Gasteiger partial charge in [-0.2, -0.15) is 0 Å². The third-order valence-electron chi connectivity index (χ3n) is 1.55. The summed E-state index contributed by atoms with van der Waals surface area (Å²) in [5, 5.41) is 0. The summed E-state index contributed by atoms with van der Waals surface area (Å²) in [5.74, 6) is 0.167. The van der Waals surface area contributed by atoms with E-state index in [2.05, 4.69) is 0 Å². The summed E-state index contributed by atoms with van der Waals surface area (Å²) in [6.45, 7) is 3.50. The highest BCUT2D eigenvalue weighted by atomic mass is 32.2. The highest BCUT2D eigenvalue weighted by Crippen LogP contribution is 2.24. The molecule has 0 radical (unpaired) electrons. The second kappa shape index (κ2) is 1.70. The predicted octanol–water partition coefficient (Wildman–Crippen LogP) is 0.167. The molecule has 0 spiro atoms. The number of hydrogen-bond acceptors (Lipinski definition) is 3. The zero-order valence-electron chi connectivity index (χ0n) is 5.55. The first kappa shape index (κ1) is 7.02. The lowest BCUT2D eigenvalue weighted by Crippen LogP contribution is -2.27. The fraction of sp³-hybridized carbons (Fsp3) is 1.00. The van der Waals surface area contributed by atoms with Crippen LogP contribution in [0.3, 0.4) is 0 Å². The highest BCUT2D eigenvalue weighted by molar-refractivity contribution is 7.92. The molecular formula is C5H10O3S. The first-order valence-electron chi connectivity index (χ1n) is 2.82. The first-order valence-corrected chi connectivity index (χ1v) is 4.47. The van der Waals surface area contributed by atoms with Gasteiger partial charge in [-0.15, -0.1) is 0 Å². The van der Waals surface area contributed by atoms with Crippen LogP contribution >= 0.6 is 0 Å². The monoisotopic (exact) mass is 150 g/mol. The topological polar surface area (TPSA) is 43.4 Å². The molecule has 0 aromatic carbocycles. The Morgan fingerprint density at radius 2 is 2.00 bits per heavy atom. The molecule has 54 valence electrons. The van der Waals surface area contributed by atoms with Crippen LogP contribution in [0.5, 0.6) is 0 Å². The van der Waals surface area contributed by atoms with Crippen molar-refractivity contribution in [1.29, 1.82) is 0 Å². The van der Waals surface area contributed by atoms with Crippen LogP contribution in [0.15, 0.2) is 0 Å². The minimum Gasteiger partial charge on any atom is -0.359 e. The van der Waals surface area contributed by atoms with Crippen LogP contribution in [0, 0.1) is 0 Å². The SMILES string of the molecule is CC1(C)OCCS1(=O)=O. The summed E-state index contributed by atoms with van der Waals surface area (Å²) < 4.78 is 26.9. The Hall–Kier alpha value is -0.0900. The van der Waals surface area contributed by atoms with Gasteiger partial charge in [0.2, 0.25) is 0 Å². The zero-order valence-corrected chi connectivity index (χ0v) is 6.36. The molecule has 1 fully saturated rings. The molecule has 1 aliphatic heterocycles. The van der Waals surface area contributed by atoms with Gasteiger partial charge in [0.05, 0.1) is 12.4 Å². The number of sulfone groups is 1. The minimum atomic E-state index is -2.95. The molecule has 1 heterocycles. The number of ether oxygens (including phenoxy) is 1. The van der Waals surface area contributed by atoms with E-state index in [1.165, 1.54) is 0 Å². The van der Waals surface area contributed by atoms with Gasteiger partial charge in [0.25, 0.3) is 0 Å². The minimum absolute atomic E-state index is 0.167. The quantitative estimate of drug-likeness (QED) is 0.494. The molecule has 0 unspecified atom stereocenters. The average Bonchev–Trinajstić information content (AvgIpc) is 1.81. The highest BCUT2D eigenvalue weighted by Gasteiger charge is 2.40. The molecule has 9 heavy (non-hydrogen) atoms. The van der Waals surface area contributed by atoms with Crippen LogP contribution in [-0.2, 0) is 14.6 Å². The molecule has 0 saturated carbocycles. The van der Waals surface area contributed by atoms with E-state index >= 15 is 0 Å². The van der Waals surface area contributed by atoms with E-state index in [1.54, 1.807) is 13.8 Å². The summed E-state index contributed by atoms with van der Waals surface area (Å²) in [4.78, 5) is -0.938.